The molecule has 0 bridgehead atoms. The van der Waals surface area contributed by atoms with Crippen LogP contribution in [0.15, 0.2) is 36.5 Å². The van der Waals surface area contributed by atoms with Crippen LogP contribution in [0.25, 0.3) is 0 Å². The Morgan fingerprint density at radius 3 is 2.69 bits per heavy atom. The molecule has 2 amide bonds. The average Bonchev–Trinajstić information content (AvgIpc) is 3.43. The van der Waals surface area contributed by atoms with E-state index in [1.54, 1.807) is 12.0 Å². The van der Waals surface area contributed by atoms with Gasteiger partial charge in [-0.05, 0) is 79.8 Å². The zero-order valence-electron chi connectivity index (χ0n) is 22.5. The monoisotopic (exact) mass is 493 g/mol. The Morgan fingerprint density at radius 1 is 1.19 bits per heavy atom. The second-order valence-electron chi connectivity index (χ2n) is 11.0. The third-order valence-electron chi connectivity index (χ3n) is 8.43. The van der Waals surface area contributed by atoms with Crippen molar-refractivity contribution >= 4 is 11.8 Å². The lowest BCUT2D eigenvalue weighted by Gasteiger charge is -2.44. The second kappa shape index (κ2) is 11.5. The molecule has 1 fully saturated rings. The number of methoxy groups -OCH3 is 1. The molecule has 0 saturated carbocycles. The van der Waals surface area contributed by atoms with E-state index in [0.29, 0.717) is 19.0 Å². The van der Waals surface area contributed by atoms with Crippen LogP contribution in [0.1, 0.15) is 69.7 Å². The minimum atomic E-state index is -0.0691. The minimum absolute atomic E-state index is 0.0531. The maximum absolute atomic E-state index is 12.9. The van der Waals surface area contributed by atoms with E-state index in [0.717, 1.165) is 50.8 Å². The van der Waals surface area contributed by atoms with Gasteiger partial charge in [-0.15, -0.1) is 0 Å². The fourth-order valence-electron chi connectivity index (χ4n) is 6.52. The van der Waals surface area contributed by atoms with E-state index in [4.69, 9.17) is 4.74 Å². The van der Waals surface area contributed by atoms with Crippen LogP contribution in [0.2, 0.25) is 0 Å². The van der Waals surface area contributed by atoms with Gasteiger partial charge in [0.15, 0.2) is 0 Å². The summed E-state index contributed by atoms with van der Waals surface area (Å²) in [6, 6.07) is 10.9. The summed E-state index contributed by atoms with van der Waals surface area (Å²) in [5.74, 6) is 1.55. The number of nitrogens with zero attached hydrogens (tertiary/aromatic N) is 2. The standard InChI is InChI=1S/C30H43N3O3/c1-5-13-30(27-8-6-15-31-27,25-11-9-23-10-12-26(36-4)20-24(23)19-25)14-7-16-32-17-18-33(21-28(32)34)29(35)22(2)3/h6,8,10,12,15,20,22,25,31H,5,7,9,11,13-14,16-19,21H2,1-4H3. The van der Waals surface area contributed by atoms with Gasteiger partial charge in [0, 0.05) is 42.9 Å². The molecular weight excluding hydrogens is 450 g/mol. The number of aromatic amines is 1. The van der Waals surface area contributed by atoms with Gasteiger partial charge >= 0.3 is 0 Å². The number of aryl methyl sites for hydroxylation is 1. The van der Waals surface area contributed by atoms with Gasteiger partial charge in [-0.25, -0.2) is 0 Å². The Hall–Kier alpha value is -2.76. The van der Waals surface area contributed by atoms with Gasteiger partial charge in [-0.3, -0.25) is 9.59 Å². The van der Waals surface area contributed by atoms with Gasteiger partial charge in [0.2, 0.25) is 11.8 Å². The number of aromatic nitrogens is 1. The summed E-state index contributed by atoms with van der Waals surface area (Å²) in [6.45, 7) is 8.32. The molecule has 6 nitrogen and oxygen atoms in total. The summed E-state index contributed by atoms with van der Waals surface area (Å²) in [5.41, 5.74) is 4.25. The molecule has 6 heteroatoms. The lowest BCUT2D eigenvalue weighted by Crippen LogP contribution is -2.53. The molecule has 1 aliphatic carbocycles. The fourth-order valence-corrected chi connectivity index (χ4v) is 6.52. The quantitative estimate of drug-likeness (QED) is 0.508. The molecule has 1 aromatic carbocycles. The molecule has 0 radical (unpaired) electrons. The van der Waals surface area contributed by atoms with Gasteiger partial charge in [0.1, 0.15) is 5.75 Å². The number of piperazine rings is 1. The normalized spacial score (nSPS) is 19.8. The Balaban J connectivity index is 1.48. The number of carbonyl (C=O) groups is 2. The highest BCUT2D eigenvalue weighted by Crippen LogP contribution is 2.46. The van der Waals surface area contributed by atoms with Crippen molar-refractivity contribution in [3.8, 4) is 5.75 Å². The lowest BCUT2D eigenvalue weighted by molar-refractivity contribution is -0.147. The van der Waals surface area contributed by atoms with Crippen LogP contribution < -0.4 is 4.74 Å². The first-order valence-electron chi connectivity index (χ1n) is 13.7. The SMILES string of the molecule is CCCC(CCCN1CCN(C(=O)C(C)C)CC1=O)(c1ccc[nH]1)C1CCc2ccc(OC)cc2C1. The molecule has 1 N–H and O–H groups in total. The van der Waals surface area contributed by atoms with E-state index >= 15 is 0 Å². The van der Waals surface area contributed by atoms with E-state index in [1.807, 2.05) is 24.9 Å². The molecular formula is C30H43N3O3. The van der Waals surface area contributed by atoms with Crippen molar-refractivity contribution in [1.82, 2.24) is 14.8 Å². The van der Waals surface area contributed by atoms with E-state index in [-0.39, 0.29) is 29.7 Å². The van der Waals surface area contributed by atoms with Crippen LogP contribution in [0.5, 0.6) is 5.75 Å². The molecule has 1 aliphatic heterocycles. The summed E-state index contributed by atoms with van der Waals surface area (Å²) in [5, 5.41) is 0. The first-order valence-corrected chi connectivity index (χ1v) is 13.7. The molecule has 2 unspecified atom stereocenters. The molecule has 2 heterocycles. The van der Waals surface area contributed by atoms with Crippen LogP contribution in [0.3, 0.4) is 0 Å². The van der Waals surface area contributed by atoms with Crippen molar-refractivity contribution in [3.63, 3.8) is 0 Å². The van der Waals surface area contributed by atoms with E-state index in [1.165, 1.54) is 23.2 Å². The maximum atomic E-state index is 12.9. The van der Waals surface area contributed by atoms with E-state index < -0.39 is 0 Å². The van der Waals surface area contributed by atoms with Gasteiger partial charge < -0.3 is 19.5 Å². The number of ether oxygens (including phenoxy) is 1. The Morgan fingerprint density at radius 2 is 2.03 bits per heavy atom. The number of nitrogens with one attached hydrogen (secondary N) is 1. The third-order valence-corrected chi connectivity index (χ3v) is 8.43. The van der Waals surface area contributed by atoms with Crippen molar-refractivity contribution in [3.05, 3.63) is 53.3 Å². The predicted molar refractivity (Wildman–Crippen MR) is 143 cm³/mol. The fraction of sp³-hybridized carbons (Fsp3) is 0.600. The summed E-state index contributed by atoms with van der Waals surface area (Å²) in [4.78, 5) is 32.5. The summed E-state index contributed by atoms with van der Waals surface area (Å²) in [6.07, 6.45) is 9.63. The van der Waals surface area contributed by atoms with Crippen LogP contribution in [0.4, 0.5) is 0 Å². The first kappa shape index (κ1) is 26.3. The number of amides is 2. The van der Waals surface area contributed by atoms with Crippen molar-refractivity contribution in [2.75, 3.05) is 33.3 Å². The maximum Gasteiger partial charge on any atom is 0.242 e. The molecule has 36 heavy (non-hydrogen) atoms. The van der Waals surface area contributed by atoms with E-state index in [2.05, 4.69) is 42.2 Å². The summed E-state index contributed by atoms with van der Waals surface area (Å²) >= 11 is 0. The summed E-state index contributed by atoms with van der Waals surface area (Å²) < 4.78 is 5.53. The number of hydrogen-bond donors (Lipinski definition) is 1. The van der Waals surface area contributed by atoms with Gasteiger partial charge in [-0.2, -0.15) is 0 Å². The third kappa shape index (κ3) is 5.47. The number of hydrogen-bond acceptors (Lipinski definition) is 3. The van der Waals surface area contributed by atoms with Crippen LogP contribution >= 0.6 is 0 Å². The zero-order chi connectivity index (χ0) is 25.7. The molecule has 196 valence electrons. The van der Waals surface area contributed by atoms with Crippen molar-refractivity contribution in [2.24, 2.45) is 11.8 Å². The number of rotatable bonds is 10. The Labute approximate surface area is 216 Å². The van der Waals surface area contributed by atoms with Gasteiger partial charge in [0.05, 0.1) is 13.7 Å². The highest BCUT2D eigenvalue weighted by molar-refractivity contribution is 5.86. The number of benzene rings is 1. The summed E-state index contributed by atoms with van der Waals surface area (Å²) in [7, 11) is 1.74. The van der Waals surface area contributed by atoms with Gasteiger partial charge in [0.25, 0.3) is 0 Å². The van der Waals surface area contributed by atoms with Gasteiger partial charge in [-0.1, -0.05) is 33.3 Å². The Bertz CT molecular complexity index is 1030. The molecule has 2 atom stereocenters. The van der Waals surface area contributed by atoms with Crippen molar-refractivity contribution in [1.29, 1.82) is 0 Å². The van der Waals surface area contributed by atoms with Crippen LogP contribution in [-0.4, -0.2) is 59.9 Å². The second-order valence-corrected chi connectivity index (χ2v) is 11.0. The zero-order valence-corrected chi connectivity index (χ0v) is 22.5. The topological polar surface area (TPSA) is 65.6 Å². The first-order chi connectivity index (χ1) is 17.4. The molecule has 4 rings (SSSR count). The number of carbonyl (C=O) groups excluding carboxylic acids is 2. The number of fused-ring (bicyclic) bond motifs is 1. The molecule has 1 saturated heterocycles. The number of H-pyrrole nitrogens is 1. The predicted octanol–water partition coefficient (Wildman–Crippen LogP) is 4.97. The molecule has 1 aromatic heterocycles. The molecule has 0 spiro atoms. The smallest absolute Gasteiger partial charge is 0.242 e. The van der Waals surface area contributed by atoms with Crippen LogP contribution in [-0.2, 0) is 27.8 Å². The molecule has 2 aliphatic rings. The Kier molecular flexibility index (Phi) is 8.43. The van der Waals surface area contributed by atoms with Crippen LogP contribution in [0, 0.1) is 11.8 Å². The highest BCUT2D eigenvalue weighted by atomic mass is 16.5. The highest BCUT2D eigenvalue weighted by Gasteiger charge is 2.41. The average molecular weight is 494 g/mol. The van der Waals surface area contributed by atoms with E-state index in [9.17, 15) is 9.59 Å². The lowest BCUT2D eigenvalue weighted by atomic mass is 9.61. The van der Waals surface area contributed by atoms with Crippen molar-refractivity contribution in [2.45, 2.75) is 71.1 Å². The largest absolute Gasteiger partial charge is 0.497 e. The van der Waals surface area contributed by atoms with Crippen molar-refractivity contribution < 1.29 is 14.3 Å². The minimum Gasteiger partial charge on any atom is -0.497 e. The molecule has 2 aromatic rings.